The number of hydrogen-bond donors (Lipinski definition) is 1. The van der Waals surface area contributed by atoms with Crippen LogP contribution in [0.2, 0.25) is 0 Å². The normalized spacial score (nSPS) is 12.9. The molecule has 0 fully saturated rings. The number of anilines is 1. The molecule has 0 atom stereocenters. The fourth-order valence-corrected chi connectivity index (χ4v) is 1.60. The molecule has 0 aliphatic carbocycles. The molecule has 0 spiro atoms. The molecule has 5 nitrogen and oxygen atoms in total. The van der Waals surface area contributed by atoms with Gasteiger partial charge in [-0.3, -0.25) is 5.32 Å². The molecule has 5 heteroatoms. The summed E-state index contributed by atoms with van der Waals surface area (Å²) >= 11 is 0. The topological polar surface area (TPSA) is 64.8 Å². The number of hydrogen-bond acceptors (Lipinski definition) is 3. The molecular weight excluding hydrogens is 230 g/mol. The summed E-state index contributed by atoms with van der Waals surface area (Å²) < 4.78 is 5.21. The monoisotopic (exact) mass is 246 g/mol. The van der Waals surface area contributed by atoms with E-state index in [4.69, 9.17) is 4.74 Å². The van der Waals surface area contributed by atoms with Crippen molar-refractivity contribution in [3.8, 4) is 0 Å². The van der Waals surface area contributed by atoms with E-state index in [2.05, 4.69) is 15.8 Å². The van der Waals surface area contributed by atoms with E-state index < -0.39 is 11.7 Å². The molecular formula is C13H16N3O2. The maximum Gasteiger partial charge on any atom is 0.412 e. The molecule has 95 valence electrons. The number of nitrogens with one attached hydrogen (secondary N) is 1. The summed E-state index contributed by atoms with van der Waals surface area (Å²) in [5.74, 6) is 0. The van der Waals surface area contributed by atoms with Gasteiger partial charge in [-0.2, -0.15) is 10.5 Å². The van der Waals surface area contributed by atoms with Crippen molar-refractivity contribution in [2.75, 3.05) is 5.32 Å². The number of amides is 1. The van der Waals surface area contributed by atoms with Crippen LogP contribution in [0, 0.1) is 6.92 Å². The molecule has 0 unspecified atom stereocenters. The molecule has 1 aromatic carbocycles. The lowest BCUT2D eigenvalue weighted by Gasteiger charge is -2.20. The SMILES string of the molecule is Cc1cc2c(cc1NC(=O)OC(C)(C)C)=C[N]N=2. The van der Waals surface area contributed by atoms with E-state index >= 15 is 0 Å². The van der Waals surface area contributed by atoms with Crippen LogP contribution in [0.1, 0.15) is 26.3 Å². The minimum absolute atomic E-state index is 0.461. The zero-order valence-corrected chi connectivity index (χ0v) is 10.9. The quantitative estimate of drug-likeness (QED) is 0.810. The van der Waals surface area contributed by atoms with Gasteiger partial charge in [0.2, 0.25) is 0 Å². The molecule has 1 heterocycles. The van der Waals surface area contributed by atoms with Crippen LogP contribution in [0.5, 0.6) is 0 Å². The van der Waals surface area contributed by atoms with E-state index in [1.807, 2.05) is 39.8 Å². The predicted molar refractivity (Wildman–Crippen MR) is 68.4 cm³/mol. The van der Waals surface area contributed by atoms with Crippen LogP contribution in [-0.2, 0) is 4.74 Å². The highest BCUT2D eigenvalue weighted by atomic mass is 16.6. The number of fused-ring (bicyclic) bond motifs is 1. The van der Waals surface area contributed by atoms with Gasteiger partial charge >= 0.3 is 6.09 Å². The van der Waals surface area contributed by atoms with Crippen molar-refractivity contribution in [2.24, 2.45) is 5.10 Å². The summed E-state index contributed by atoms with van der Waals surface area (Å²) in [5, 5.41) is 8.41. The third-order valence-electron chi connectivity index (χ3n) is 2.37. The Morgan fingerprint density at radius 3 is 2.72 bits per heavy atom. The first-order valence-corrected chi connectivity index (χ1v) is 5.74. The third kappa shape index (κ3) is 2.80. The Labute approximate surface area is 106 Å². The molecule has 1 aliphatic heterocycles. The lowest BCUT2D eigenvalue weighted by atomic mass is 10.1. The van der Waals surface area contributed by atoms with E-state index in [1.54, 1.807) is 6.20 Å². The van der Waals surface area contributed by atoms with E-state index in [0.717, 1.165) is 16.1 Å². The van der Waals surface area contributed by atoms with Crippen LogP contribution in [0.25, 0.3) is 6.20 Å². The van der Waals surface area contributed by atoms with Crippen molar-refractivity contribution in [2.45, 2.75) is 33.3 Å². The van der Waals surface area contributed by atoms with Crippen molar-refractivity contribution in [1.82, 2.24) is 5.43 Å². The predicted octanol–water partition coefficient (Wildman–Crippen LogP) is 1.23. The molecule has 0 saturated heterocycles. The standard InChI is InChI=1S/C13H16N3O2/c1-8-5-11-9(7-14-16-11)6-10(8)15-12(17)18-13(2,3)4/h5-7H,1-4H3,(H,15,17). The Balaban J connectivity index is 2.21. The van der Waals surface area contributed by atoms with E-state index in [9.17, 15) is 4.79 Å². The largest absolute Gasteiger partial charge is 0.444 e. The van der Waals surface area contributed by atoms with Crippen molar-refractivity contribution in [1.29, 1.82) is 0 Å². The second kappa shape index (κ2) is 4.33. The van der Waals surface area contributed by atoms with Gasteiger partial charge in [-0.15, -0.1) is 0 Å². The summed E-state index contributed by atoms with van der Waals surface area (Å²) in [4.78, 5) is 11.7. The lowest BCUT2D eigenvalue weighted by Crippen LogP contribution is -2.29. The summed E-state index contributed by atoms with van der Waals surface area (Å²) in [6.45, 7) is 7.38. The van der Waals surface area contributed by atoms with Crippen molar-refractivity contribution in [3.05, 3.63) is 28.3 Å². The number of rotatable bonds is 1. The Bertz CT molecular complexity index is 600. The number of aryl methyl sites for hydroxylation is 1. The van der Waals surface area contributed by atoms with Gasteiger partial charge in [0, 0.05) is 10.9 Å². The molecule has 2 rings (SSSR count). The Morgan fingerprint density at radius 2 is 2.06 bits per heavy atom. The molecule has 1 aromatic rings. The zero-order valence-electron chi connectivity index (χ0n) is 10.9. The van der Waals surface area contributed by atoms with E-state index in [1.165, 1.54) is 0 Å². The molecule has 1 aliphatic rings. The van der Waals surface area contributed by atoms with Crippen LogP contribution in [-0.4, -0.2) is 11.7 Å². The van der Waals surface area contributed by atoms with Gasteiger partial charge in [0.05, 0.1) is 11.6 Å². The highest BCUT2D eigenvalue weighted by Gasteiger charge is 2.17. The number of nitrogens with zero attached hydrogens (tertiary/aromatic N) is 2. The van der Waals surface area contributed by atoms with E-state index in [-0.39, 0.29) is 0 Å². The van der Waals surface area contributed by atoms with Gasteiger partial charge in [-0.25, -0.2) is 4.79 Å². The van der Waals surface area contributed by atoms with Crippen LogP contribution in [0.4, 0.5) is 10.5 Å². The summed E-state index contributed by atoms with van der Waals surface area (Å²) in [6, 6.07) is 3.73. The van der Waals surface area contributed by atoms with Crippen LogP contribution >= 0.6 is 0 Å². The Morgan fingerprint density at radius 1 is 1.33 bits per heavy atom. The Kier molecular flexibility index (Phi) is 2.98. The van der Waals surface area contributed by atoms with E-state index in [0.29, 0.717) is 5.69 Å². The summed E-state index contributed by atoms with van der Waals surface area (Å²) in [5.41, 5.74) is 4.96. The molecule has 0 bridgehead atoms. The molecule has 1 N–H and O–H groups in total. The number of ether oxygens (including phenoxy) is 1. The van der Waals surface area contributed by atoms with Gasteiger partial charge in [-0.1, -0.05) is 0 Å². The summed E-state index contributed by atoms with van der Waals surface area (Å²) in [7, 11) is 0. The highest BCUT2D eigenvalue weighted by molar-refractivity contribution is 5.85. The number of carbonyl (C=O) groups is 1. The minimum atomic E-state index is -0.508. The second-order valence-electron chi connectivity index (χ2n) is 5.20. The maximum absolute atomic E-state index is 11.7. The first kappa shape index (κ1) is 12.4. The third-order valence-corrected chi connectivity index (χ3v) is 2.37. The first-order valence-electron chi connectivity index (χ1n) is 5.74. The van der Waals surface area contributed by atoms with Gasteiger partial charge in [0.1, 0.15) is 5.60 Å². The summed E-state index contributed by atoms with van der Waals surface area (Å²) in [6.07, 6.45) is 1.20. The molecule has 18 heavy (non-hydrogen) atoms. The highest BCUT2D eigenvalue weighted by Crippen LogP contribution is 2.13. The average molecular weight is 246 g/mol. The van der Waals surface area contributed by atoms with Crippen molar-refractivity contribution in [3.63, 3.8) is 0 Å². The smallest absolute Gasteiger partial charge is 0.412 e. The molecule has 1 radical (unpaired) electrons. The zero-order chi connectivity index (χ0) is 13.3. The number of benzene rings is 1. The van der Waals surface area contributed by atoms with Crippen LogP contribution in [0.15, 0.2) is 17.2 Å². The van der Waals surface area contributed by atoms with Crippen molar-refractivity contribution < 1.29 is 9.53 Å². The number of carbonyl (C=O) groups excluding carboxylic acids is 1. The van der Waals surface area contributed by atoms with Crippen molar-refractivity contribution >= 4 is 18.0 Å². The average Bonchev–Trinajstić information content (AvgIpc) is 2.62. The minimum Gasteiger partial charge on any atom is -0.444 e. The maximum atomic E-state index is 11.7. The fraction of sp³-hybridized carbons (Fsp3) is 0.385. The molecule has 1 amide bonds. The van der Waals surface area contributed by atoms with Gasteiger partial charge in [0.25, 0.3) is 0 Å². The fourth-order valence-electron chi connectivity index (χ4n) is 1.60. The van der Waals surface area contributed by atoms with Crippen LogP contribution < -0.4 is 21.3 Å². The van der Waals surface area contributed by atoms with Gasteiger partial charge in [-0.05, 0) is 45.4 Å². The first-order chi connectivity index (χ1) is 8.35. The molecule has 0 aromatic heterocycles. The lowest BCUT2D eigenvalue weighted by molar-refractivity contribution is 0.0636. The van der Waals surface area contributed by atoms with Gasteiger partial charge in [0.15, 0.2) is 0 Å². The molecule has 0 saturated carbocycles. The van der Waals surface area contributed by atoms with Crippen LogP contribution in [0.3, 0.4) is 0 Å². The Hall–Kier alpha value is -2.04. The second-order valence-corrected chi connectivity index (χ2v) is 5.20. The van der Waals surface area contributed by atoms with Gasteiger partial charge < -0.3 is 4.74 Å².